The number of aryl methyl sites for hydroxylation is 1. The van der Waals surface area contributed by atoms with Crippen molar-refractivity contribution in [1.29, 1.82) is 0 Å². The molecule has 126 valence electrons. The molecule has 0 heterocycles. The molecule has 0 aliphatic rings. The summed E-state index contributed by atoms with van der Waals surface area (Å²) in [6, 6.07) is 11.6. The highest BCUT2D eigenvalue weighted by Gasteiger charge is 2.23. The highest BCUT2D eigenvalue weighted by molar-refractivity contribution is 5.92. The third kappa shape index (κ3) is 3.98. The number of aldehydes is 1. The zero-order chi connectivity index (χ0) is 17.7. The van der Waals surface area contributed by atoms with Crippen molar-refractivity contribution in [2.75, 3.05) is 0 Å². The summed E-state index contributed by atoms with van der Waals surface area (Å²) in [5.41, 5.74) is 3.38. The van der Waals surface area contributed by atoms with E-state index in [4.69, 9.17) is 10.6 Å². The lowest BCUT2D eigenvalue weighted by Crippen LogP contribution is -2.49. The standard InChI is InChI=1S/C18H20N2O4/c1-12-5-3-4-6-14(12)17(23)24-16-9-13(7-8-15(16)22)10-18(2,11-21)20-19/h3-9,11,20,22H,10,19H2,1-2H3. The van der Waals surface area contributed by atoms with Gasteiger partial charge in [0.25, 0.3) is 0 Å². The van der Waals surface area contributed by atoms with Crippen molar-refractivity contribution in [2.24, 2.45) is 5.84 Å². The summed E-state index contributed by atoms with van der Waals surface area (Å²) in [4.78, 5) is 23.4. The van der Waals surface area contributed by atoms with Gasteiger partial charge in [0.2, 0.25) is 0 Å². The SMILES string of the molecule is Cc1ccccc1C(=O)Oc1cc(CC(C)(C=O)NN)ccc1O. The molecule has 0 aliphatic carbocycles. The molecule has 0 radical (unpaired) electrons. The molecular weight excluding hydrogens is 308 g/mol. The van der Waals surface area contributed by atoms with E-state index in [-0.39, 0.29) is 17.9 Å². The molecule has 1 unspecified atom stereocenters. The summed E-state index contributed by atoms with van der Waals surface area (Å²) >= 11 is 0. The van der Waals surface area contributed by atoms with Crippen LogP contribution >= 0.6 is 0 Å². The highest BCUT2D eigenvalue weighted by atomic mass is 16.5. The van der Waals surface area contributed by atoms with E-state index in [1.54, 1.807) is 38.1 Å². The molecule has 24 heavy (non-hydrogen) atoms. The molecule has 0 aliphatic heterocycles. The van der Waals surface area contributed by atoms with Gasteiger partial charge in [-0.15, -0.1) is 0 Å². The molecular formula is C18H20N2O4. The van der Waals surface area contributed by atoms with Crippen molar-refractivity contribution in [1.82, 2.24) is 5.43 Å². The number of carbonyl (C=O) groups is 2. The summed E-state index contributed by atoms with van der Waals surface area (Å²) in [5.74, 6) is 4.71. The maximum absolute atomic E-state index is 12.3. The number of benzene rings is 2. The quantitative estimate of drug-likeness (QED) is 0.246. The molecule has 2 rings (SSSR count). The first-order valence-corrected chi connectivity index (χ1v) is 7.42. The average molecular weight is 328 g/mol. The Morgan fingerprint density at radius 1 is 1.33 bits per heavy atom. The molecule has 0 bridgehead atoms. The molecule has 0 spiro atoms. The Morgan fingerprint density at radius 2 is 2.04 bits per heavy atom. The predicted molar refractivity (Wildman–Crippen MR) is 89.7 cm³/mol. The molecule has 2 aromatic rings. The van der Waals surface area contributed by atoms with Gasteiger partial charge in [-0.2, -0.15) is 0 Å². The summed E-state index contributed by atoms with van der Waals surface area (Å²) in [7, 11) is 0. The monoisotopic (exact) mass is 328 g/mol. The molecule has 0 aromatic heterocycles. The van der Waals surface area contributed by atoms with E-state index >= 15 is 0 Å². The normalized spacial score (nSPS) is 13.1. The Labute approximate surface area is 140 Å². The zero-order valence-electron chi connectivity index (χ0n) is 13.6. The lowest BCUT2D eigenvalue weighted by molar-refractivity contribution is -0.112. The predicted octanol–water partition coefficient (Wildman–Crippen LogP) is 1.88. The minimum atomic E-state index is -0.950. The van der Waals surface area contributed by atoms with Crippen LogP contribution in [0.4, 0.5) is 0 Å². The second-order valence-corrected chi connectivity index (χ2v) is 5.86. The molecule has 1 atom stereocenters. The van der Waals surface area contributed by atoms with Crippen LogP contribution in [0.15, 0.2) is 42.5 Å². The smallest absolute Gasteiger partial charge is 0.343 e. The second kappa shape index (κ2) is 7.25. The molecule has 2 aromatic carbocycles. The van der Waals surface area contributed by atoms with E-state index in [0.717, 1.165) is 5.56 Å². The number of rotatable bonds is 6. The van der Waals surface area contributed by atoms with Gasteiger partial charge in [-0.05, 0) is 49.6 Å². The lowest BCUT2D eigenvalue weighted by Gasteiger charge is -2.22. The number of phenols is 1. The Balaban J connectivity index is 2.25. The third-order valence-corrected chi connectivity index (χ3v) is 3.75. The largest absolute Gasteiger partial charge is 0.504 e. The van der Waals surface area contributed by atoms with Gasteiger partial charge in [-0.1, -0.05) is 24.3 Å². The number of hydrogen-bond acceptors (Lipinski definition) is 6. The van der Waals surface area contributed by atoms with Gasteiger partial charge in [0.15, 0.2) is 11.5 Å². The van der Waals surface area contributed by atoms with Gasteiger partial charge in [-0.25, -0.2) is 10.2 Å². The molecule has 0 fully saturated rings. The number of ether oxygens (including phenoxy) is 1. The fraction of sp³-hybridized carbons (Fsp3) is 0.222. The van der Waals surface area contributed by atoms with Crippen LogP contribution in [0, 0.1) is 6.92 Å². The minimum Gasteiger partial charge on any atom is -0.504 e. The van der Waals surface area contributed by atoms with Crippen molar-refractivity contribution in [3.05, 3.63) is 59.2 Å². The third-order valence-electron chi connectivity index (χ3n) is 3.75. The Kier molecular flexibility index (Phi) is 5.33. The van der Waals surface area contributed by atoms with E-state index < -0.39 is 11.5 Å². The Hall–Kier alpha value is -2.70. The summed E-state index contributed by atoms with van der Waals surface area (Å²) in [5, 5.41) is 9.93. The fourth-order valence-corrected chi connectivity index (χ4v) is 2.26. The van der Waals surface area contributed by atoms with E-state index in [2.05, 4.69) is 5.43 Å². The van der Waals surface area contributed by atoms with E-state index in [0.29, 0.717) is 17.4 Å². The first kappa shape index (κ1) is 17.7. The van der Waals surface area contributed by atoms with Crippen LogP contribution in [-0.4, -0.2) is 22.9 Å². The number of hydrazine groups is 1. The number of hydrogen-bond donors (Lipinski definition) is 3. The van der Waals surface area contributed by atoms with Gasteiger partial charge >= 0.3 is 5.97 Å². The average Bonchev–Trinajstić information content (AvgIpc) is 2.58. The number of carbonyl (C=O) groups excluding carboxylic acids is 2. The van der Waals surface area contributed by atoms with Crippen molar-refractivity contribution in [2.45, 2.75) is 25.8 Å². The van der Waals surface area contributed by atoms with Gasteiger partial charge in [-0.3, -0.25) is 5.84 Å². The van der Waals surface area contributed by atoms with Crippen LogP contribution in [0.3, 0.4) is 0 Å². The Morgan fingerprint density at radius 3 is 2.67 bits per heavy atom. The van der Waals surface area contributed by atoms with Crippen LogP contribution < -0.4 is 16.0 Å². The van der Waals surface area contributed by atoms with Crippen molar-refractivity contribution >= 4 is 12.3 Å². The van der Waals surface area contributed by atoms with Crippen LogP contribution in [-0.2, 0) is 11.2 Å². The lowest BCUT2D eigenvalue weighted by atomic mass is 9.95. The summed E-state index contributed by atoms with van der Waals surface area (Å²) in [6.07, 6.45) is 0.987. The molecule has 0 saturated heterocycles. The molecule has 0 amide bonds. The topological polar surface area (TPSA) is 102 Å². The summed E-state index contributed by atoms with van der Waals surface area (Å²) < 4.78 is 5.31. The van der Waals surface area contributed by atoms with Gasteiger partial charge in [0.05, 0.1) is 11.1 Å². The second-order valence-electron chi connectivity index (χ2n) is 5.86. The van der Waals surface area contributed by atoms with Gasteiger partial charge in [0.1, 0.15) is 6.29 Å². The highest BCUT2D eigenvalue weighted by Crippen LogP contribution is 2.29. The van der Waals surface area contributed by atoms with Gasteiger partial charge in [0, 0.05) is 0 Å². The van der Waals surface area contributed by atoms with Crippen molar-refractivity contribution in [3.63, 3.8) is 0 Å². The number of aromatic hydroxyl groups is 1. The molecule has 6 nitrogen and oxygen atoms in total. The fourth-order valence-electron chi connectivity index (χ4n) is 2.26. The first-order valence-electron chi connectivity index (χ1n) is 7.42. The van der Waals surface area contributed by atoms with Crippen LogP contribution in [0.2, 0.25) is 0 Å². The number of nitrogens with two attached hydrogens (primary N) is 1. The summed E-state index contributed by atoms with van der Waals surface area (Å²) in [6.45, 7) is 3.45. The van der Waals surface area contributed by atoms with Crippen molar-refractivity contribution < 1.29 is 19.4 Å². The van der Waals surface area contributed by atoms with Crippen LogP contribution in [0.25, 0.3) is 0 Å². The molecule has 6 heteroatoms. The molecule has 4 N–H and O–H groups in total. The van der Waals surface area contributed by atoms with E-state index in [1.807, 2.05) is 6.07 Å². The van der Waals surface area contributed by atoms with E-state index in [1.165, 1.54) is 12.1 Å². The van der Waals surface area contributed by atoms with Gasteiger partial charge < -0.3 is 14.6 Å². The number of esters is 1. The van der Waals surface area contributed by atoms with Crippen LogP contribution in [0.5, 0.6) is 11.5 Å². The van der Waals surface area contributed by atoms with Crippen LogP contribution in [0.1, 0.15) is 28.4 Å². The Bertz CT molecular complexity index is 760. The van der Waals surface area contributed by atoms with E-state index in [9.17, 15) is 14.7 Å². The maximum Gasteiger partial charge on any atom is 0.343 e. The van der Waals surface area contributed by atoms with Crippen molar-refractivity contribution in [3.8, 4) is 11.5 Å². The molecule has 0 saturated carbocycles. The first-order chi connectivity index (χ1) is 11.4. The maximum atomic E-state index is 12.3. The zero-order valence-corrected chi connectivity index (χ0v) is 13.6. The minimum absolute atomic E-state index is 0.0334. The number of phenolic OH excluding ortho intramolecular Hbond substituents is 1. The number of nitrogens with one attached hydrogen (secondary N) is 1.